The monoisotopic (exact) mass is 641 g/mol. The number of hydrogen-bond donors (Lipinski definition) is 0. The summed E-state index contributed by atoms with van der Waals surface area (Å²) < 4.78 is 13.4. The number of thioether (sulfide) groups is 1. The molecule has 0 fully saturated rings. The Morgan fingerprint density at radius 1 is 0.907 bits per heavy atom. The lowest BCUT2D eigenvalue weighted by atomic mass is 10.2. The molecular formula is C32H24ClN5O2S3. The molecule has 0 atom stereocenters. The lowest BCUT2D eigenvalue weighted by Crippen LogP contribution is -2.05. The summed E-state index contributed by atoms with van der Waals surface area (Å²) in [5.74, 6) is 3.80. The zero-order valence-corrected chi connectivity index (χ0v) is 26.0. The molecule has 0 saturated carbocycles. The molecule has 0 amide bonds. The minimum atomic E-state index is 0.245. The zero-order chi connectivity index (χ0) is 28.8. The number of fused-ring (bicyclic) bond motifs is 4. The zero-order valence-electron chi connectivity index (χ0n) is 22.8. The van der Waals surface area contributed by atoms with Gasteiger partial charge in [-0.2, -0.15) is 0 Å². The normalized spacial score (nSPS) is 13.6. The van der Waals surface area contributed by atoms with E-state index in [0.717, 1.165) is 72.0 Å². The third-order valence-electron chi connectivity index (χ3n) is 7.47. The largest absolute Gasteiger partial charge is 0.454 e. The minimum Gasteiger partial charge on any atom is -0.454 e. The third-order valence-corrected chi connectivity index (χ3v) is 10.9. The standard InChI is InChI=1S/C32H24ClN5O2S3/c33-21-10-12-22(13-11-21)41-17-27-34-30-28(23-7-4-8-26(23)42-30)31(35-27)43-32-37-36-29(20-5-2-1-3-6-20)38(32)16-19-9-14-24-25(15-19)40-18-39-24/h1-3,5-6,9-15H,4,7-8,16-18H2. The molecule has 0 radical (unpaired) electrons. The summed E-state index contributed by atoms with van der Waals surface area (Å²) in [6.45, 7) is 0.820. The molecule has 7 nitrogen and oxygen atoms in total. The van der Waals surface area contributed by atoms with E-state index in [9.17, 15) is 0 Å². The van der Waals surface area contributed by atoms with Gasteiger partial charge in [-0.3, -0.25) is 4.57 Å². The smallest absolute Gasteiger partial charge is 0.231 e. The van der Waals surface area contributed by atoms with E-state index >= 15 is 0 Å². The molecule has 8 rings (SSSR count). The van der Waals surface area contributed by atoms with Crippen LogP contribution in [0, 0.1) is 0 Å². The van der Waals surface area contributed by atoms with Crippen LogP contribution in [0.5, 0.6) is 11.5 Å². The van der Waals surface area contributed by atoms with Gasteiger partial charge in [0, 0.05) is 25.7 Å². The Balaban J connectivity index is 1.19. The van der Waals surface area contributed by atoms with Crippen LogP contribution in [0.1, 0.15) is 28.2 Å². The van der Waals surface area contributed by atoms with Gasteiger partial charge < -0.3 is 9.47 Å². The molecule has 0 unspecified atom stereocenters. The van der Waals surface area contributed by atoms with Crippen molar-refractivity contribution in [3.8, 4) is 22.9 Å². The van der Waals surface area contributed by atoms with E-state index in [2.05, 4.69) is 27.9 Å². The van der Waals surface area contributed by atoms with Crippen LogP contribution in [0.3, 0.4) is 0 Å². The number of aryl methyl sites for hydroxylation is 2. The van der Waals surface area contributed by atoms with Crippen LogP contribution in [-0.4, -0.2) is 31.5 Å². The number of aromatic nitrogens is 5. The van der Waals surface area contributed by atoms with Gasteiger partial charge in [0.1, 0.15) is 15.7 Å². The van der Waals surface area contributed by atoms with E-state index in [1.54, 1.807) is 23.5 Å². The lowest BCUT2D eigenvalue weighted by molar-refractivity contribution is 0.174. The second kappa shape index (κ2) is 11.5. The molecule has 4 heterocycles. The Morgan fingerprint density at radius 3 is 2.65 bits per heavy atom. The predicted molar refractivity (Wildman–Crippen MR) is 172 cm³/mol. The van der Waals surface area contributed by atoms with Gasteiger partial charge in [-0.25, -0.2) is 9.97 Å². The highest BCUT2D eigenvalue weighted by atomic mass is 35.5. The number of rotatable bonds is 8. The fourth-order valence-corrected chi connectivity index (χ4v) is 8.65. The summed E-state index contributed by atoms with van der Waals surface area (Å²) in [4.78, 5) is 13.8. The number of ether oxygens (including phenoxy) is 2. The van der Waals surface area contributed by atoms with E-state index in [1.165, 1.54) is 22.2 Å². The molecule has 0 bridgehead atoms. The molecule has 0 spiro atoms. The van der Waals surface area contributed by atoms with Gasteiger partial charge in [-0.15, -0.1) is 33.3 Å². The van der Waals surface area contributed by atoms with Crippen molar-refractivity contribution in [1.29, 1.82) is 0 Å². The highest BCUT2D eigenvalue weighted by Gasteiger charge is 2.25. The van der Waals surface area contributed by atoms with Crippen LogP contribution in [-0.2, 0) is 25.1 Å². The van der Waals surface area contributed by atoms with Crippen molar-refractivity contribution >= 4 is 56.7 Å². The van der Waals surface area contributed by atoms with Gasteiger partial charge in [0.15, 0.2) is 22.5 Å². The third kappa shape index (κ3) is 5.37. The van der Waals surface area contributed by atoms with E-state index in [-0.39, 0.29) is 6.79 Å². The Hall–Kier alpha value is -3.57. The first kappa shape index (κ1) is 27.0. The maximum atomic E-state index is 6.10. The number of thiophene rings is 1. The number of halogens is 1. The highest BCUT2D eigenvalue weighted by Crippen LogP contribution is 2.43. The summed E-state index contributed by atoms with van der Waals surface area (Å²) in [5, 5.41) is 13.0. The first-order chi connectivity index (χ1) is 21.2. The predicted octanol–water partition coefficient (Wildman–Crippen LogP) is 8.31. The number of nitrogens with zero attached hydrogens (tertiary/aromatic N) is 5. The van der Waals surface area contributed by atoms with Crippen molar-refractivity contribution in [2.75, 3.05) is 6.79 Å². The second-order valence-corrected chi connectivity index (χ2v) is 13.8. The Morgan fingerprint density at radius 2 is 1.77 bits per heavy atom. The van der Waals surface area contributed by atoms with Gasteiger partial charge in [0.25, 0.3) is 0 Å². The maximum Gasteiger partial charge on any atom is 0.231 e. The number of benzene rings is 3. The maximum absolute atomic E-state index is 6.10. The summed E-state index contributed by atoms with van der Waals surface area (Å²) >= 11 is 11.2. The average molecular weight is 642 g/mol. The molecule has 3 aromatic carbocycles. The molecule has 0 saturated heterocycles. The number of hydrogen-bond acceptors (Lipinski definition) is 9. The van der Waals surface area contributed by atoms with Crippen LogP contribution < -0.4 is 9.47 Å². The van der Waals surface area contributed by atoms with Crippen LogP contribution >= 0.6 is 46.5 Å². The van der Waals surface area contributed by atoms with E-state index in [1.807, 2.05) is 65.9 Å². The van der Waals surface area contributed by atoms with Crippen molar-refractivity contribution in [3.05, 3.63) is 99.6 Å². The van der Waals surface area contributed by atoms with Crippen molar-refractivity contribution in [3.63, 3.8) is 0 Å². The summed E-state index contributed by atoms with van der Waals surface area (Å²) in [6.07, 6.45) is 3.34. The first-order valence-electron chi connectivity index (χ1n) is 13.9. The molecular weight excluding hydrogens is 618 g/mol. The van der Waals surface area contributed by atoms with Gasteiger partial charge in [-0.1, -0.05) is 48.0 Å². The van der Waals surface area contributed by atoms with Gasteiger partial charge in [0.2, 0.25) is 6.79 Å². The summed E-state index contributed by atoms with van der Waals surface area (Å²) in [6, 6.07) is 24.1. The SMILES string of the molecule is Clc1ccc(SCc2nc(Sc3nnc(-c4ccccc4)n3Cc3ccc4c(c3)OCO4)c3c4c(sc3n2)CCC4)cc1. The molecule has 3 aromatic heterocycles. The van der Waals surface area contributed by atoms with Crippen molar-refractivity contribution < 1.29 is 9.47 Å². The quantitative estimate of drug-likeness (QED) is 0.121. The van der Waals surface area contributed by atoms with Crippen LogP contribution in [0.25, 0.3) is 21.6 Å². The Labute approximate surface area is 265 Å². The molecule has 11 heteroatoms. The van der Waals surface area contributed by atoms with E-state index < -0.39 is 0 Å². The van der Waals surface area contributed by atoms with E-state index in [0.29, 0.717) is 12.3 Å². The molecule has 2 aliphatic rings. The second-order valence-electron chi connectivity index (χ2n) is 10.3. The first-order valence-corrected chi connectivity index (χ1v) is 16.9. The average Bonchev–Trinajstić information content (AvgIpc) is 3.82. The molecule has 214 valence electrons. The molecule has 6 aromatic rings. The fourth-order valence-electron chi connectivity index (χ4n) is 5.44. The van der Waals surface area contributed by atoms with Gasteiger partial charge in [-0.05, 0) is 78.5 Å². The molecule has 1 aliphatic carbocycles. The van der Waals surface area contributed by atoms with E-state index in [4.69, 9.17) is 36.1 Å². The van der Waals surface area contributed by atoms with Gasteiger partial charge in [0.05, 0.1) is 12.3 Å². The molecule has 43 heavy (non-hydrogen) atoms. The minimum absolute atomic E-state index is 0.245. The van der Waals surface area contributed by atoms with Crippen molar-refractivity contribution in [2.24, 2.45) is 0 Å². The molecule has 0 N–H and O–H groups in total. The van der Waals surface area contributed by atoms with Gasteiger partial charge >= 0.3 is 0 Å². The van der Waals surface area contributed by atoms with Crippen LogP contribution in [0.2, 0.25) is 5.02 Å². The fraction of sp³-hybridized carbons (Fsp3) is 0.188. The Kier molecular flexibility index (Phi) is 7.22. The Bertz CT molecular complexity index is 1960. The highest BCUT2D eigenvalue weighted by molar-refractivity contribution is 7.99. The lowest BCUT2D eigenvalue weighted by Gasteiger charge is -2.12. The van der Waals surface area contributed by atoms with Crippen LogP contribution in [0.15, 0.2) is 87.9 Å². The van der Waals surface area contributed by atoms with Crippen LogP contribution in [0.4, 0.5) is 0 Å². The van der Waals surface area contributed by atoms with Crippen molar-refractivity contribution in [2.45, 2.75) is 46.6 Å². The summed E-state index contributed by atoms with van der Waals surface area (Å²) in [5.41, 5.74) is 3.48. The summed E-state index contributed by atoms with van der Waals surface area (Å²) in [7, 11) is 0. The topological polar surface area (TPSA) is 75.0 Å². The van der Waals surface area contributed by atoms with Crippen molar-refractivity contribution in [1.82, 2.24) is 24.7 Å². The molecule has 1 aliphatic heterocycles.